The van der Waals surface area contributed by atoms with Crippen LogP contribution in [0.1, 0.15) is 41.3 Å². The molecule has 5 rings (SSSR count). The van der Waals surface area contributed by atoms with Gasteiger partial charge in [0.15, 0.2) is 5.17 Å². The van der Waals surface area contributed by atoms with Gasteiger partial charge in [0.2, 0.25) is 0 Å². The minimum absolute atomic E-state index is 0.0581. The van der Waals surface area contributed by atoms with E-state index in [4.69, 9.17) is 0 Å². The van der Waals surface area contributed by atoms with Gasteiger partial charge in [-0.2, -0.15) is 5.26 Å². The van der Waals surface area contributed by atoms with Crippen LogP contribution in [-0.2, 0) is 11.4 Å². The van der Waals surface area contributed by atoms with Crippen LogP contribution in [0, 0.1) is 11.3 Å². The standard InChI is InChI=1S/C23H22N4OS2/c1-2-29-23(10-5-11-24)18-7-4-3-6-17(18)21(28)27(23)15-16-8-9-20-19(14-16)26-13-12-25-22(26)30-20/h3-4,6-9,14H,2,5,10,12-13,15H2,1H3. The SMILES string of the molecule is CCSC1(CCC#N)c2ccccc2C(=O)N1Cc1ccc2c(c1)N1CCN=C1S2. The minimum atomic E-state index is -0.494. The van der Waals surface area contributed by atoms with Crippen LogP contribution in [0.4, 0.5) is 5.69 Å². The van der Waals surface area contributed by atoms with Gasteiger partial charge >= 0.3 is 0 Å². The van der Waals surface area contributed by atoms with Gasteiger partial charge in [-0.15, -0.1) is 11.8 Å². The quantitative estimate of drug-likeness (QED) is 0.651. The molecule has 0 fully saturated rings. The van der Waals surface area contributed by atoms with Crippen molar-refractivity contribution < 1.29 is 4.79 Å². The average molecular weight is 435 g/mol. The van der Waals surface area contributed by atoms with Gasteiger partial charge in [0.25, 0.3) is 5.91 Å². The van der Waals surface area contributed by atoms with Crippen LogP contribution in [0.5, 0.6) is 0 Å². The maximum atomic E-state index is 13.5. The van der Waals surface area contributed by atoms with Gasteiger partial charge in [0.1, 0.15) is 4.87 Å². The van der Waals surface area contributed by atoms with E-state index < -0.39 is 4.87 Å². The topological polar surface area (TPSA) is 59.7 Å². The lowest BCUT2D eigenvalue weighted by molar-refractivity contribution is 0.0663. The van der Waals surface area contributed by atoms with Gasteiger partial charge in [-0.1, -0.05) is 31.2 Å². The van der Waals surface area contributed by atoms with Crippen molar-refractivity contribution in [1.82, 2.24) is 4.90 Å². The van der Waals surface area contributed by atoms with E-state index in [1.54, 1.807) is 23.5 Å². The molecule has 2 aromatic rings. The summed E-state index contributed by atoms with van der Waals surface area (Å²) >= 11 is 3.48. The number of hydrogen-bond donors (Lipinski definition) is 0. The second-order valence-corrected chi connectivity index (χ2v) is 10.1. The van der Waals surface area contributed by atoms with E-state index in [0.29, 0.717) is 19.4 Å². The molecular formula is C23H22N4OS2. The summed E-state index contributed by atoms with van der Waals surface area (Å²) in [7, 11) is 0. The molecule has 1 unspecified atom stereocenters. The maximum Gasteiger partial charge on any atom is 0.255 e. The summed E-state index contributed by atoms with van der Waals surface area (Å²) in [6.07, 6.45) is 1.05. The Morgan fingerprint density at radius 2 is 2.17 bits per heavy atom. The monoisotopic (exact) mass is 434 g/mol. The third-order valence-electron chi connectivity index (χ3n) is 5.88. The summed E-state index contributed by atoms with van der Waals surface area (Å²) in [5, 5.41) is 10.4. The molecule has 0 aliphatic carbocycles. The van der Waals surface area contributed by atoms with Crippen LogP contribution in [-0.4, -0.2) is 34.8 Å². The summed E-state index contributed by atoms with van der Waals surface area (Å²) in [6.45, 7) is 4.41. The molecule has 1 amide bonds. The highest BCUT2D eigenvalue weighted by atomic mass is 32.2. The highest BCUT2D eigenvalue weighted by Gasteiger charge is 2.49. The molecule has 152 valence electrons. The van der Waals surface area contributed by atoms with Crippen LogP contribution in [0.3, 0.4) is 0 Å². The van der Waals surface area contributed by atoms with Crippen LogP contribution in [0.25, 0.3) is 0 Å². The zero-order valence-corrected chi connectivity index (χ0v) is 18.4. The molecular weight excluding hydrogens is 412 g/mol. The Bertz CT molecular complexity index is 1090. The number of carbonyl (C=O) groups is 1. The van der Waals surface area contributed by atoms with E-state index in [2.05, 4.69) is 47.2 Å². The minimum Gasteiger partial charge on any atom is -0.318 e. The highest BCUT2D eigenvalue weighted by Crippen LogP contribution is 2.51. The van der Waals surface area contributed by atoms with Crippen molar-refractivity contribution in [3.8, 4) is 6.07 Å². The lowest BCUT2D eigenvalue weighted by Crippen LogP contribution is -2.41. The largest absolute Gasteiger partial charge is 0.318 e. The predicted octanol–water partition coefficient (Wildman–Crippen LogP) is 4.83. The van der Waals surface area contributed by atoms with Gasteiger partial charge in [-0.05, 0) is 47.7 Å². The number of amides is 1. The molecule has 0 saturated carbocycles. The summed E-state index contributed by atoms with van der Waals surface area (Å²) < 4.78 is 0. The van der Waals surface area contributed by atoms with Crippen LogP contribution in [0.15, 0.2) is 52.4 Å². The van der Waals surface area contributed by atoms with Crippen molar-refractivity contribution in [3.63, 3.8) is 0 Å². The van der Waals surface area contributed by atoms with Crippen LogP contribution < -0.4 is 4.90 Å². The normalized spacial score (nSPS) is 21.3. The van der Waals surface area contributed by atoms with Crippen LogP contribution >= 0.6 is 23.5 Å². The lowest BCUT2D eigenvalue weighted by atomic mass is 10.00. The van der Waals surface area contributed by atoms with Crippen molar-refractivity contribution >= 4 is 40.3 Å². The molecule has 3 aliphatic heterocycles. The zero-order valence-electron chi connectivity index (χ0n) is 16.8. The summed E-state index contributed by atoms with van der Waals surface area (Å²) in [6, 6.07) is 16.7. The second kappa shape index (κ2) is 7.68. The Balaban J connectivity index is 1.53. The molecule has 0 saturated heterocycles. The predicted molar refractivity (Wildman–Crippen MR) is 123 cm³/mol. The average Bonchev–Trinajstić information content (AvgIpc) is 3.41. The van der Waals surface area contributed by atoms with Crippen molar-refractivity contribution in [2.75, 3.05) is 23.7 Å². The van der Waals surface area contributed by atoms with Crippen molar-refractivity contribution in [3.05, 3.63) is 59.2 Å². The number of fused-ring (bicyclic) bond motifs is 4. The molecule has 2 aromatic carbocycles. The fourth-order valence-corrected chi connectivity index (χ4v) is 7.03. The zero-order chi connectivity index (χ0) is 20.7. The first-order chi connectivity index (χ1) is 14.7. The van der Waals surface area contributed by atoms with Crippen LogP contribution in [0.2, 0.25) is 0 Å². The fourth-order valence-electron chi connectivity index (χ4n) is 4.60. The summed E-state index contributed by atoms with van der Waals surface area (Å²) in [4.78, 5) is 23.0. The van der Waals surface area contributed by atoms with Crippen molar-refractivity contribution in [2.24, 2.45) is 4.99 Å². The third kappa shape index (κ3) is 2.93. The molecule has 0 aromatic heterocycles. The van der Waals surface area contributed by atoms with Gasteiger partial charge in [-0.3, -0.25) is 9.79 Å². The summed E-state index contributed by atoms with van der Waals surface area (Å²) in [5.74, 6) is 0.931. The van der Waals surface area contributed by atoms with E-state index in [0.717, 1.165) is 40.7 Å². The number of thioether (sulfide) groups is 2. The van der Waals surface area contributed by atoms with Gasteiger partial charge in [-0.25, -0.2) is 0 Å². The Morgan fingerprint density at radius 1 is 1.30 bits per heavy atom. The molecule has 7 heteroatoms. The number of nitriles is 1. The molecule has 0 radical (unpaired) electrons. The Morgan fingerprint density at radius 3 is 3.00 bits per heavy atom. The fraction of sp³-hybridized carbons (Fsp3) is 0.348. The number of benzene rings is 2. The number of anilines is 1. The Kier molecular flexibility index (Phi) is 5.00. The smallest absolute Gasteiger partial charge is 0.255 e. The Hall–Kier alpha value is -2.43. The Labute approximate surface area is 185 Å². The maximum absolute atomic E-state index is 13.5. The number of rotatable bonds is 6. The molecule has 3 aliphatic rings. The first kappa shape index (κ1) is 19.5. The second-order valence-electron chi connectivity index (χ2n) is 7.53. The first-order valence-electron chi connectivity index (χ1n) is 10.2. The van der Waals surface area contributed by atoms with Crippen molar-refractivity contribution in [1.29, 1.82) is 5.26 Å². The van der Waals surface area contributed by atoms with E-state index >= 15 is 0 Å². The number of amidine groups is 1. The number of nitrogens with zero attached hydrogens (tertiary/aromatic N) is 4. The first-order valence-corrected chi connectivity index (χ1v) is 12.0. The molecule has 3 heterocycles. The molecule has 0 N–H and O–H groups in total. The molecule has 0 bridgehead atoms. The molecule has 1 atom stereocenters. The van der Waals surface area contributed by atoms with Gasteiger partial charge in [0.05, 0.1) is 18.3 Å². The number of aliphatic imine (C=N–C) groups is 1. The van der Waals surface area contributed by atoms with E-state index in [9.17, 15) is 10.1 Å². The highest BCUT2D eigenvalue weighted by molar-refractivity contribution is 8.14. The molecule has 5 nitrogen and oxygen atoms in total. The third-order valence-corrected chi connectivity index (χ3v) is 8.38. The van der Waals surface area contributed by atoms with E-state index in [-0.39, 0.29) is 5.91 Å². The number of hydrogen-bond acceptors (Lipinski definition) is 6. The van der Waals surface area contributed by atoms with E-state index in [1.807, 2.05) is 23.1 Å². The number of carbonyl (C=O) groups excluding carboxylic acids is 1. The molecule has 30 heavy (non-hydrogen) atoms. The summed E-state index contributed by atoms with van der Waals surface area (Å²) in [5.41, 5.74) is 4.12. The lowest BCUT2D eigenvalue weighted by Gasteiger charge is -2.38. The molecule has 0 spiro atoms. The van der Waals surface area contributed by atoms with Gasteiger partial charge in [0, 0.05) is 35.5 Å². The van der Waals surface area contributed by atoms with Crippen molar-refractivity contribution in [2.45, 2.75) is 36.1 Å². The van der Waals surface area contributed by atoms with Gasteiger partial charge < -0.3 is 9.80 Å². The van der Waals surface area contributed by atoms with E-state index in [1.165, 1.54) is 10.6 Å².